The zero-order valence-electron chi connectivity index (χ0n) is 18.0. The summed E-state index contributed by atoms with van der Waals surface area (Å²) in [6.45, 7) is 4.83. The number of sulfonamides is 1. The Labute approximate surface area is 183 Å². The van der Waals surface area contributed by atoms with Gasteiger partial charge in [-0.1, -0.05) is 26.0 Å². The van der Waals surface area contributed by atoms with Crippen LogP contribution < -0.4 is 5.32 Å². The van der Waals surface area contributed by atoms with E-state index in [9.17, 15) is 13.2 Å². The lowest BCUT2D eigenvalue weighted by Gasteiger charge is -2.43. The third kappa shape index (κ3) is 4.37. The summed E-state index contributed by atoms with van der Waals surface area (Å²) >= 11 is 0. The molecule has 0 unspecified atom stereocenters. The molecule has 2 aliphatic heterocycles. The monoisotopic (exact) mass is 443 g/mol. The molecule has 7 nitrogen and oxygen atoms in total. The van der Waals surface area contributed by atoms with E-state index >= 15 is 0 Å². The molecule has 1 aromatic heterocycles. The maximum absolute atomic E-state index is 13.1. The van der Waals surface area contributed by atoms with Crippen LogP contribution in [0.25, 0.3) is 0 Å². The van der Waals surface area contributed by atoms with Crippen molar-refractivity contribution >= 4 is 21.6 Å². The number of amides is 1. The first-order chi connectivity index (χ1) is 14.8. The topological polar surface area (TPSA) is 88.6 Å². The molecule has 2 saturated heterocycles. The quantitative estimate of drug-likeness (QED) is 0.766. The van der Waals surface area contributed by atoms with Crippen LogP contribution in [0.1, 0.15) is 38.7 Å². The molecule has 0 bridgehead atoms. The number of nitrogens with one attached hydrogen (secondary N) is 1. The molecule has 8 heteroatoms. The molecule has 1 aromatic carbocycles. The van der Waals surface area contributed by atoms with Crippen molar-refractivity contribution in [3.05, 3.63) is 54.4 Å². The van der Waals surface area contributed by atoms with Crippen molar-refractivity contribution in [2.75, 3.05) is 18.4 Å². The summed E-state index contributed by atoms with van der Waals surface area (Å²) in [4.78, 5) is 17.0. The predicted molar refractivity (Wildman–Crippen MR) is 118 cm³/mol. The van der Waals surface area contributed by atoms with Crippen molar-refractivity contribution < 1.29 is 17.9 Å². The van der Waals surface area contributed by atoms with Crippen molar-refractivity contribution in [1.29, 1.82) is 0 Å². The highest BCUT2D eigenvalue weighted by Crippen LogP contribution is 2.43. The van der Waals surface area contributed by atoms with Gasteiger partial charge in [0.05, 0.1) is 22.4 Å². The fraction of sp³-hybridized carbons (Fsp3) is 0.478. The van der Waals surface area contributed by atoms with Gasteiger partial charge >= 0.3 is 0 Å². The van der Waals surface area contributed by atoms with E-state index in [2.05, 4.69) is 10.3 Å². The van der Waals surface area contributed by atoms with E-state index in [1.165, 1.54) is 0 Å². The standard InChI is InChI=1S/C23H29N3O4S/c1-3-18-6-8-20(9-7-18)31(28,29)26-14-12-23(17(2)16-26)11-10-21(30-23)22(27)25-19-5-4-13-24-15-19/h4-9,13,15,17,21H,3,10-12,14,16H2,1-2H3,(H,25,27)/t17-,21-,23+/m0/s1. The molecule has 31 heavy (non-hydrogen) atoms. The van der Waals surface area contributed by atoms with Gasteiger partial charge in [-0.3, -0.25) is 9.78 Å². The van der Waals surface area contributed by atoms with Gasteiger partial charge in [-0.05, 0) is 61.4 Å². The van der Waals surface area contributed by atoms with Crippen LogP contribution in [-0.2, 0) is 26.0 Å². The molecule has 2 fully saturated rings. The minimum absolute atomic E-state index is 0.0119. The van der Waals surface area contributed by atoms with Crippen LogP contribution in [0, 0.1) is 5.92 Å². The van der Waals surface area contributed by atoms with E-state index in [1.807, 2.05) is 26.0 Å². The van der Waals surface area contributed by atoms with Gasteiger partial charge in [-0.2, -0.15) is 4.31 Å². The molecule has 1 amide bonds. The van der Waals surface area contributed by atoms with Crippen molar-refractivity contribution in [2.45, 2.75) is 56.1 Å². The molecule has 2 aliphatic rings. The van der Waals surface area contributed by atoms with E-state index in [0.717, 1.165) is 18.4 Å². The second-order valence-electron chi connectivity index (χ2n) is 8.45. The summed E-state index contributed by atoms with van der Waals surface area (Å²) in [6, 6.07) is 10.7. The number of ether oxygens (including phenoxy) is 1. The van der Waals surface area contributed by atoms with E-state index in [-0.39, 0.29) is 11.8 Å². The number of piperidine rings is 1. The zero-order chi connectivity index (χ0) is 22.1. The number of benzene rings is 1. The lowest BCUT2D eigenvalue weighted by atomic mass is 9.81. The molecular weight excluding hydrogens is 414 g/mol. The summed E-state index contributed by atoms with van der Waals surface area (Å²) in [5, 5.41) is 2.85. The summed E-state index contributed by atoms with van der Waals surface area (Å²) in [5.41, 5.74) is 1.29. The Morgan fingerprint density at radius 2 is 2.03 bits per heavy atom. The largest absolute Gasteiger partial charge is 0.362 e. The van der Waals surface area contributed by atoms with Crippen molar-refractivity contribution in [3.8, 4) is 0 Å². The number of anilines is 1. The minimum Gasteiger partial charge on any atom is -0.362 e. The van der Waals surface area contributed by atoms with Crippen molar-refractivity contribution in [3.63, 3.8) is 0 Å². The maximum atomic E-state index is 13.1. The minimum atomic E-state index is -3.55. The third-order valence-electron chi connectivity index (χ3n) is 6.56. The van der Waals surface area contributed by atoms with Crippen LogP contribution in [0.4, 0.5) is 5.69 Å². The molecule has 166 valence electrons. The van der Waals surface area contributed by atoms with E-state index in [0.29, 0.717) is 36.5 Å². The van der Waals surface area contributed by atoms with Gasteiger partial charge in [-0.15, -0.1) is 0 Å². The van der Waals surface area contributed by atoms with Crippen LogP contribution >= 0.6 is 0 Å². The van der Waals surface area contributed by atoms with Gasteiger partial charge in [0.15, 0.2) is 0 Å². The number of hydrogen-bond donors (Lipinski definition) is 1. The highest BCUT2D eigenvalue weighted by Gasteiger charge is 2.50. The van der Waals surface area contributed by atoms with Crippen LogP contribution in [-0.4, -0.2) is 48.4 Å². The van der Waals surface area contributed by atoms with Gasteiger partial charge in [0.2, 0.25) is 10.0 Å². The number of hydrogen-bond acceptors (Lipinski definition) is 5. The number of carbonyl (C=O) groups is 1. The zero-order valence-corrected chi connectivity index (χ0v) is 18.8. The summed E-state index contributed by atoms with van der Waals surface area (Å²) in [6.07, 6.45) is 5.54. The highest BCUT2D eigenvalue weighted by molar-refractivity contribution is 7.89. The number of pyridine rings is 1. The first kappa shape index (κ1) is 21.9. The van der Waals surface area contributed by atoms with Gasteiger partial charge in [0, 0.05) is 19.3 Å². The summed E-state index contributed by atoms with van der Waals surface area (Å²) in [5.74, 6) is -0.190. The average molecular weight is 444 g/mol. The number of carbonyl (C=O) groups excluding carboxylic acids is 1. The van der Waals surface area contributed by atoms with Crippen LogP contribution in [0.2, 0.25) is 0 Å². The number of rotatable bonds is 5. The van der Waals surface area contributed by atoms with Gasteiger partial charge in [-0.25, -0.2) is 8.42 Å². The van der Waals surface area contributed by atoms with Crippen LogP contribution in [0.5, 0.6) is 0 Å². The van der Waals surface area contributed by atoms with Crippen molar-refractivity contribution in [1.82, 2.24) is 9.29 Å². The van der Waals surface area contributed by atoms with Crippen LogP contribution in [0.3, 0.4) is 0 Å². The number of aromatic nitrogens is 1. The molecule has 1 N–H and O–H groups in total. The Morgan fingerprint density at radius 1 is 1.26 bits per heavy atom. The molecule has 4 rings (SSSR count). The fourth-order valence-electron chi connectivity index (χ4n) is 4.56. The van der Waals surface area contributed by atoms with E-state index in [1.54, 1.807) is 41.0 Å². The lowest BCUT2D eigenvalue weighted by Crippen LogP contribution is -2.52. The Bertz CT molecular complexity index is 1030. The summed E-state index contributed by atoms with van der Waals surface area (Å²) in [7, 11) is -3.55. The first-order valence-electron chi connectivity index (χ1n) is 10.8. The Hall–Kier alpha value is -2.29. The summed E-state index contributed by atoms with van der Waals surface area (Å²) < 4.78 is 34.1. The molecular formula is C23H29N3O4S. The van der Waals surface area contributed by atoms with Crippen molar-refractivity contribution in [2.24, 2.45) is 5.92 Å². The molecule has 0 saturated carbocycles. The second kappa shape index (κ2) is 8.68. The molecule has 0 radical (unpaired) electrons. The Morgan fingerprint density at radius 3 is 2.68 bits per heavy atom. The lowest BCUT2D eigenvalue weighted by molar-refractivity contribution is -0.140. The van der Waals surface area contributed by atoms with E-state index in [4.69, 9.17) is 4.74 Å². The first-order valence-corrected chi connectivity index (χ1v) is 12.3. The number of nitrogens with zero attached hydrogens (tertiary/aromatic N) is 2. The van der Waals surface area contributed by atoms with Gasteiger partial charge < -0.3 is 10.1 Å². The average Bonchev–Trinajstić information content (AvgIpc) is 3.22. The van der Waals surface area contributed by atoms with E-state index < -0.39 is 21.7 Å². The molecule has 3 atom stereocenters. The van der Waals surface area contributed by atoms with Gasteiger partial charge in [0.25, 0.3) is 5.91 Å². The molecule has 2 aromatic rings. The normalized spacial score (nSPS) is 26.8. The highest BCUT2D eigenvalue weighted by atomic mass is 32.2. The molecule has 3 heterocycles. The third-order valence-corrected chi connectivity index (χ3v) is 8.44. The van der Waals surface area contributed by atoms with Gasteiger partial charge in [0.1, 0.15) is 6.10 Å². The second-order valence-corrected chi connectivity index (χ2v) is 10.4. The molecule has 0 aliphatic carbocycles. The SMILES string of the molecule is CCc1ccc(S(=O)(=O)N2CC[C@]3(CC[C@@H](C(=O)Nc4cccnc4)O3)[C@@H](C)C2)cc1. The number of aryl methyl sites for hydroxylation is 1. The Kier molecular flexibility index (Phi) is 6.14. The fourth-order valence-corrected chi connectivity index (χ4v) is 6.08. The van der Waals surface area contributed by atoms with Crippen LogP contribution in [0.15, 0.2) is 53.7 Å². The Balaban J connectivity index is 1.41. The molecule has 1 spiro atoms. The smallest absolute Gasteiger partial charge is 0.253 e. The predicted octanol–water partition coefficient (Wildman–Crippen LogP) is 3.23. The maximum Gasteiger partial charge on any atom is 0.253 e.